The molecule has 118 valence electrons. The molecule has 0 aliphatic heterocycles. The average molecular weight is 295 g/mol. The zero-order valence-electron chi connectivity index (χ0n) is 13.5. The number of carbonyl (C=O) groups excluding carboxylic acids is 2. The molecule has 0 fully saturated rings. The van der Waals surface area contributed by atoms with E-state index in [0.717, 1.165) is 17.7 Å². The Morgan fingerprint density at radius 2 is 2.00 bits per heavy atom. The third-order valence-electron chi connectivity index (χ3n) is 2.78. The van der Waals surface area contributed by atoms with Crippen LogP contribution in [-0.2, 0) is 34.3 Å². The van der Waals surface area contributed by atoms with Crippen LogP contribution in [0.5, 0.6) is 0 Å². The van der Waals surface area contributed by atoms with Crippen molar-refractivity contribution in [3.05, 3.63) is 17.5 Å². The molecule has 1 amide bonds. The highest BCUT2D eigenvalue weighted by Gasteiger charge is 2.17. The summed E-state index contributed by atoms with van der Waals surface area (Å²) < 4.78 is 6.90. The highest BCUT2D eigenvalue weighted by molar-refractivity contribution is 5.81. The molecule has 6 nitrogen and oxygen atoms in total. The zero-order valence-corrected chi connectivity index (χ0v) is 13.5. The molecular formula is C15H25N3O3. The maximum absolute atomic E-state index is 11.7. The Kier molecular flexibility index (Phi) is 5.93. The second-order valence-electron chi connectivity index (χ2n) is 5.99. The molecule has 0 aromatic carbocycles. The van der Waals surface area contributed by atoms with E-state index < -0.39 is 5.60 Å². The molecule has 1 N–H and O–H groups in total. The molecule has 0 aliphatic carbocycles. The molecule has 1 heterocycles. The Labute approximate surface area is 125 Å². The van der Waals surface area contributed by atoms with Gasteiger partial charge in [-0.1, -0.05) is 6.92 Å². The summed E-state index contributed by atoms with van der Waals surface area (Å²) >= 11 is 0. The van der Waals surface area contributed by atoms with Gasteiger partial charge in [0.15, 0.2) is 0 Å². The van der Waals surface area contributed by atoms with E-state index in [4.69, 9.17) is 4.74 Å². The van der Waals surface area contributed by atoms with Crippen molar-refractivity contribution in [2.75, 3.05) is 0 Å². The van der Waals surface area contributed by atoms with Gasteiger partial charge in [-0.25, -0.2) is 0 Å². The summed E-state index contributed by atoms with van der Waals surface area (Å²) in [5.41, 5.74) is 1.47. The molecule has 0 bridgehead atoms. The van der Waals surface area contributed by atoms with Crippen LogP contribution in [0.3, 0.4) is 0 Å². The van der Waals surface area contributed by atoms with Gasteiger partial charge in [-0.05, 0) is 27.2 Å². The summed E-state index contributed by atoms with van der Waals surface area (Å²) in [5.74, 6) is -0.514. The van der Waals surface area contributed by atoms with Crippen molar-refractivity contribution in [2.24, 2.45) is 7.05 Å². The Morgan fingerprint density at radius 3 is 2.57 bits per heavy atom. The molecule has 1 aromatic heterocycles. The third kappa shape index (κ3) is 6.42. The number of hydrogen-bond donors (Lipinski definition) is 1. The lowest BCUT2D eigenvalue weighted by molar-refractivity contribution is -0.155. The van der Waals surface area contributed by atoms with Gasteiger partial charge in [0.05, 0.1) is 12.1 Å². The number of carbonyl (C=O) groups is 2. The summed E-state index contributed by atoms with van der Waals surface area (Å²) in [6.45, 7) is 7.87. The fourth-order valence-corrected chi connectivity index (χ4v) is 1.92. The minimum Gasteiger partial charge on any atom is -0.460 e. The number of rotatable bonds is 6. The van der Waals surface area contributed by atoms with Crippen molar-refractivity contribution in [1.82, 2.24) is 15.1 Å². The highest BCUT2D eigenvalue weighted by atomic mass is 16.6. The minimum absolute atomic E-state index is 0.0940. The van der Waals surface area contributed by atoms with E-state index in [2.05, 4.69) is 10.4 Å². The summed E-state index contributed by atoms with van der Waals surface area (Å²) in [6.07, 6.45) is 2.95. The average Bonchev–Trinajstić information content (AvgIpc) is 2.72. The molecule has 0 saturated carbocycles. The largest absolute Gasteiger partial charge is 0.460 e. The molecular weight excluding hydrogens is 270 g/mol. The molecule has 0 spiro atoms. The highest BCUT2D eigenvalue weighted by Crippen LogP contribution is 2.09. The van der Waals surface area contributed by atoms with Gasteiger partial charge in [0.2, 0.25) is 5.91 Å². The SMILES string of the molecule is CCc1nn(C)cc1CNC(=O)CCC(=O)OC(C)(C)C. The quantitative estimate of drug-likeness (QED) is 0.811. The van der Waals surface area contributed by atoms with Crippen LogP contribution in [0.4, 0.5) is 0 Å². The minimum atomic E-state index is -0.515. The van der Waals surface area contributed by atoms with Gasteiger partial charge in [0.1, 0.15) is 5.60 Å². The Hall–Kier alpha value is -1.85. The molecule has 6 heteroatoms. The number of hydrogen-bond acceptors (Lipinski definition) is 4. The van der Waals surface area contributed by atoms with Crippen LogP contribution in [0.2, 0.25) is 0 Å². The van der Waals surface area contributed by atoms with E-state index in [9.17, 15) is 9.59 Å². The number of aromatic nitrogens is 2. The van der Waals surface area contributed by atoms with E-state index in [1.165, 1.54) is 0 Å². The Bertz CT molecular complexity index is 501. The van der Waals surface area contributed by atoms with E-state index in [0.29, 0.717) is 6.54 Å². The molecule has 21 heavy (non-hydrogen) atoms. The lowest BCUT2D eigenvalue weighted by Crippen LogP contribution is -2.27. The smallest absolute Gasteiger partial charge is 0.306 e. The van der Waals surface area contributed by atoms with E-state index in [1.807, 2.05) is 20.2 Å². The first-order chi connectivity index (χ1) is 9.71. The Morgan fingerprint density at radius 1 is 1.33 bits per heavy atom. The standard InChI is InChI=1S/C15H25N3O3/c1-6-12-11(10-18(5)17-12)9-16-13(19)7-8-14(20)21-15(2,3)4/h10H,6-9H2,1-5H3,(H,16,19). The number of nitrogens with zero attached hydrogens (tertiary/aromatic N) is 2. The van der Waals surface area contributed by atoms with Gasteiger partial charge >= 0.3 is 5.97 Å². The van der Waals surface area contributed by atoms with E-state index >= 15 is 0 Å². The van der Waals surface area contributed by atoms with Gasteiger partial charge in [0.25, 0.3) is 0 Å². The van der Waals surface area contributed by atoms with Crippen LogP contribution < -0.4 is 5.32 Å². The second-order valence-corrected chi connectivity index (χ2v) is 5.99. The number of nitrogens with one attached hydrogen (secondary N) is 1. The van der Waals surface area contributed by atoms with Crippen molar-refractivity contribution in [3.8, 4) is 0 Å². The monoisotopic (exact) mass is 295 g/mol. The predicted octanol–water partition coefficient (Wildman–Crippen LogP) is 1.72. The van der Waals surface area contributed by atoms with Crippen LogP contribution in [-0.4, -0.2) is 27.3 Å². The van der Waals surface area contributed by atoms with Crippen LogP contribution in [0, 0.1) is 0 Å². The van der Waals surface area contributed by atoms with Gasteiger partial charge in [0, 0.05) is 31.8 Å². The van der Waals surface area contributed by atoms with Crippen molar-refractivity contribution in [1.29, 1.82) is 0 Å². The molecule has 0 saturated heterocycles. The second kappa shape index (κ2) is 7.24. The van der Waals surface area contributed by atoms with Crippen molar-refractivity contribution in [3.63, 3.8) is 0 Å². The fraction of sp³-hybridized carbons (Fsp3) is 0.667. The third-order valence-corrected chi connectivity index (χ3v) is 2.78. The number of amides is 1. The van der Waals surface area contributed by atoms with Crippen LogP contribution in [0.15, 0.2) is 6.20 Å². The van der Waals surface area contributed by atoms with Crippen LogP contribution in [0.1, 0.15) is 51.8 Å². The van der Waals surface area contributed by atoms with Gasteiger partial charge < -0.3 is 10.1 Å². The molecule has 1 aromatic rings. The van der Waals surface area contributed by atoms with Gasteiger partial charge in [-0.15, -0.1) is 0 Å². The molecule has 0 unspecified atom stereocenters. The predicted molar refractivity (Wildman–Crippen MR) is 79.5 cm³/mol. The summed E-state index contributed by atoms with van der Waals surface area (Å²) in [5, 5.41) is 7.12. The van der Waals surface area contributed by atoms with Crippen molar-refractivity contribution < 1.29 is 14.3 Å². The summed E-state index contributed by atoms with van der Waals surface area (Å²) in [4.78, 5) is 23.3. The van der Waals surface area contributed by atoms with Gasteiger partial charge in [-0.2, -0.15) is 5.10 Å². The van der Waals surface area contributed by atoms with Crippen molar-refractivity contribution >= 4 is 11.9 Å². The first-order valence-electron chi connectivity index (χ1n) is 7.21. The first kappa shape index (κ1) is 17.2. The van der Waals surface area contributed by atoms with Crippen molar-refractivity contribution in [2.45, 2.75) is 59.1 Å². The molecule has 1 rings (SSSR count). The van der Waals surface area contributed by atoms with Crippen LogP contribution >= 0.6 is 0 Å². The van der Waals surface area contributed by atoms with E-state index in [1.54, 1.807) is 25.5 Å². The summed E-state index contributed by atoms with van der Waals surface area (Å²) in [6, 6.07) is 0. The summed E-state index contributed by atoms with van der Waals surface area (Å²) in [7, 11) is 1.85. The van der Waals surface area contributed by atoms with E-state index in [-0.39, 0.29) is 24.7 Å². The normalized spacial score (nSPS) is 11.3. The number of ether oxygens (including phenoxy) is 1. The fourth-order valence-electron chi connectivity index (χ4n) is 1.92. The molecule has 0 aliphatic rings. The number of esters is 1. The molecule has 0 radical (unpaired) electrons. The first-order valence-corrected chi connectivity index (χ1v) is 7.21. The Balaban J connectivity index is 2.36. The maximum Gasteiger partial charge on any atom is 0.306 e. The topological polar surface area (TPSA) is 73.2 Å². The number of aryl methyl sites for hydroxylation is 2. The van der Waals surface area contributed by atoms with Crippen LogP contribution in [0.25, 0.3) is 0 Å². The lowest BCUT2D eigenvalue weighted by Gasteiger charge is -2.19. The lowest BCUT2D eigenvalue weighted by atomic mass is 10.2. The maximum atomic E-state index is 11.7. The molecule has 0 atom stereocenters. The van der Waals surface area contributed by atoms with Gasteiger partial charge in [-0.3, -0.25) is 14.3 Å². The zero-order chi connectivity index (χ0) is 16.0.